The van der Waals surface area contributed by atoms with E-state index in [2.05, 4.69) is 10.1 Å². The Bertz CT molecular complexity index is 447. The van der Waals surface area contributed by atoms with Gasteiger partial charge in [0, 0.05) is 13.0 Å². The highest BCUT2D eigenvalue weighted by Crippen LogP contribution is 2.18. The lowest BCUT2D eigenvalue weighted by Crippen LogP contribution is -2.26. The molecule has 0 radical (unpaired) electrons. The second-order valence-corrected chi connectivity index (χ2v) is 4.87. The van der Waals surface area contributed by atoms with Crippen molar-refractivity contribution in [2.45, 2.75) is 26.1 Å². The van der Waals surface area contributed by atoms with Crippen LogP contribution in [0.2, 0.25) is 0 Å². The second kappa shape index (κ2) is 7.87. The van der Waals surface area contributed by atoms with Crippen molar-refractivity contribution in [3.05, 3.63) is 29.8 Å². The fourth-order valence-electron chi connectivity index (χ4n) is 1.54. The van der Waals surface area contributed by atoms with Gasteiger partial charge in [-0.1, -0.05) is 19.1 Å². The summed E-state index contributed by atoms with van der Waals surface area (Å²) in [7, 11) is 0. The Morgan fingerprint density at radius 2 is 1.95 bits per heavy atom. The quantitative estimate of drug-likeness (QED) is 0.812. The molecule has 3 N–H and O–H groups in total. The van der Waals surface area contributed by atoms with Gasteiger partial charge in [0.15, 0.2) is 6.61 Å². The number of alkyl halides is 3. The third kappa shape index (κ3) is 7.55. The van der Waals surface area contributed by atoms with Crippen molar-refractivity contribution in [3.8, 4) is 5.75 Å². The van der Waals surface area contributed by atoms with E-state index in [1.54, 1.807) is 12.1 Å². The number of halogens is 3. The van der Waals surface area contributed by atoms with E-state index in [0.29, 0.717) is 19.5 Å². The van der Waals surface area contributed by atoms with Crippen LogP contribution in [0.4, 0.5) is 13.2 Å². The van der Waals surface area contributed by atoms with Crippen molar-refractivity contribution in [3.63, 3.8) is 0 Å². The van der Waals surface area contributed by atoms with E-state index in [-0.39, 0.29) is 17.6 Å². The van der Waals surface area contributed by atoms with E-state index in [4.69, 9.17) is 5.73 Å². The summed E-state index contributed by atoms with van der Waals surface area (Å²) in [5, 5.41) is 2.72. The number of nitrogens with one attached hydrogen (secondary N) is 1. The van der Waals surface area contributed by atoms with Gasteiger partial charge in [-0.3, -0.25) is 4.79 Å². The van der Waals surface area contributed by atoms with Crippen molar-refractivity contribution >= 4 is 5.91 Å². The van der Waals surface area contributed by atoms with Gasteiger partial charge in [-0.05, 0) is 30.2 Å². The molecule has 1 aromatic carbocycles. The van der Waals surface area contributed by atoms with Gasteiger partial charge in [0.2, 0.25) is 5.91 Å². The minimum Gasteiger partial charge on any atom is -0.484 e. The molecular weight excluding hydrogens is 285 g/mol. The zero-order chi connectivity index (χ0) is 15.9. The van der Waals surface area contributed by atoms with Gasteiger partial charge in [0.05, 0.1) is 0 Å². The van der Waals surface area contributed by atoms with Gasteiger partial charge in [-0.25, -0.2) is 0 Å². The highest BCUT2D eigenvalue weighted by molar-refractivity contribution is 5.76. The second-order valence-electron chi connectivity index (χ2n) is 4.87. The summed E-state index contributed by atoms with van der Waals surface area (Å²) >= 11 is 0. The molecule has 0 bridgehead atoms. The average molecular weight is 304 g/mol. The Morgan fingerprint density at radius 1 is 1.33 bits per heavy atom. The lowest BCUT2D eigenvalue weighted by Gasteiger charge is -2.11. The summed E-state index contributed by atoms with van der Waals surface area (Å²) in [4.78, 5) is 11.5. The molecule has 1 rings (SSSR count). The molecule has 0 aliphatic heterocycles. The Balaban J connectivity index is 2.39. The number of amides is 1. The van der Waals surface area contributed by atoms with E-state index in [9.17, 15) is 18.0 Å². The Hall–Kier alpha value is -1.76. The number of carbonyl (C=O) groups excluding carboxylic acids is 1. The third-order valence-electron chi connectivity index (χ3n) is 2.75. The molecule has 1 atom stereocenters. The van der Waals surface area contributed by atoms with Crippen LogP contribution >= 0.6 is 0 Å². The lowest BCUT2D eigenvalue weighted by atomic mass is 10.1. The van der Waals surface area contributed by atoms with Gasteiger partial charge in [-0.2, -0.15) is 13.2 Å². The topological polar surface area (TPSA) is 64.4 Å². The molecule has 118 valence electrons. The maximum absolute atomic E-state index is 12.0. The highest BCUT2D eigenvalue weighted by Gasteiger charge is 2.28. The van der Waals surface area contributed by atoms with E-state index in [0.717, 1.165) is 5.56 Å². The first-order valence-corrected chi connectivity index (χ1v) is 6.55. The summed E-state index contributed by atoms with van der Waals surface area (Å²) in [6.45, 7) is 1.32. The lowest BCUT2D eigenvalue weighted by molar-refractivity contribution is -0.153. The maximum Gasteiger partial charge on any atom is 0.422 e. The summed E-state index contributed by atoms with van der Waals surface area (Å²) in [5.74, 6) is 0.146. The molecule has 0 heterocycles. The zero-order valence-corrected chi connectivity index (χ0v) is 11.7. The van der Waals surface area contributed by atoms with Crippen LogP contribution in [-0.2, 0) is 11.3 Å². The van der Waals surface area contributed by atoms with Gasteiger partial charge >= 0.3 is 6.18 Å². The summed E-state index contributed by atoms with van der Waals surface area (Å²) in [6.07, 6.45) is -4.00. The molecule has 0 spiro atoms. The number of rotatable bonds is 7. The Kier molecular flexibility index (Phi) is 6.48. The van der Waals surface area contributed by atoms with Crippen molar-refractivity contribution in [1.82, 2.24) is 5.32 Å². The van der Waals surface area contributed by atoms with Gasteiger partial charge < -0.3 is 15.8 Å². The molecule has 21 heavy (non-hydrogen) atoms. The highest BCUT2D eigenvalue weighted by atomic mass is 19.4. The molecule has 0 saturated carbocycles. The standard InChI is InChI=1S/C14H19F3N2O2/c1-10(7-18)6-13(20)19-8-11-2-4-12(5-3-11)21-9-14(15,16)17/h2-5,10H,6-9,18H2,1H3,(H,19,20). The normalized spacial score (nSPS) is 12.8. The summed E-state index contributed by atoms with van der Waals surface area (Å²) < 4.78 is 40.5. The first-order chi connectivity index (χ1) is 9.80. The van der Waals surface area contributed by atoms with Crippen molar-refractivity contribution < 1.29 is 22.7 Å². The van der Waals surface area contributed by atoms with Crippen molar-refractivity contribution in [2.75, 3.05) is 13.2 Å². The molecule has 0 aliphatic carbocycles. The van der Waals surface area contributed by atoms with Crippen LogP contribution in [0.1, 0.15) is 18.9 Å². The summed E-state index contributed by atoms with van der Waals surface area (Å²) in [5.41, 5.74) is 6.21. The van der Waals surface area contributed by atoms with Crippen LogP contribution in [0.25, 0.3) is 0 Å². The van der Waals surface area contributed by atoms with Crippen molar-refractivity contribution in [1.29, 1.82) is 0 Å². The minimum absolute atomic E-state index is 0.106. The van der Waals surface area contributed by atoms with Crippen LogP contribution < -0.4 is 15.8 Å². The van der Waals surface area contributed by atoms with Crippen LogP contribution in [0, 0.1) is 5.92 Å². The molecule has 4 nitrogen and oxygen atoms in total. The first kappa shape index (κ1) is 17.3. The minimum atomic E-state index is -4.35. The van der Waals surface area contributed by atoms with Crippen LogP contribution in [0.5, 0.6) is 5.75 Å². The van der Waals surface area contributed by atoms with E-state index in [1.807, 2.05) is 6.92 Å². The average Bonchev–Trinajstić information content (AvgIpc) is 2.43. The fraction of sp³-hybridized carbons (Fsp3) is 0.500. The van der Waals surface area contributed by atoms with Crippen molar-refractivity contribution in [2.24, 2.45) is 11.7 Å². The molecule has 7 heteroatoms. The summed E-state index contributed by atoms with van der Waals surface area (Å²) in [6, 6.07) is 6.10. The molecule has 1 amide bonds. The number of carbonyl (C=O) groups is 1. The van der Waals surface area contributed by atoms with Crippen LogP contribution in [0.15, 0.2) is 24.3 Å². The molecule has 0 saturated heterocycles. The molecular formula is C14H19F3N2O2. The molecule has 0 aromatic heterocycles. The third-order valence-corrected chi connectivity index (χ3v) is 2.75. The predicted molar refractivity (Wildman–Crippen MR) is 72.7 cm³/mol. The van der Waals surface area contributed by atoms with Gasteiger partial charge in [0.25, 0.3) is 0 Å². The first-order valence-electron chi connectivity index (χ1n) is 6.55. The molecule has 0 fully saturated rings. The number of hydrogen-bond donors (Lipinski definition) is 2. The Morgan fingerprint density at radius 3 is 2.48 bits per heavy atom. The fourth-order valence-corrected chi connectivity index (χ4v) is 1.54. The van der Waals surface area contributed by atoms with Crippen LogP contribution in [0.3, 0.4) is 0 Å². The Labute approximate surface area is 121 Å². The number of nitrogens with two attached hydrogens (primary N) is 1. The van der Waals surface area contributed by atoms with E-state index < -0.39 is 12.8 Å². The van der Waals surface area contributed by atoms with E-state index >= 15 is 0 Å². The number of benzene rings is 1. The molecule has 1 aromatic rings. The smallest absolute Gasteiger partial charge is 0.422 e. The van der Waals surface area contributed by atoms with Gasteiger partial charge in [0.1, 0.15) is 5.75 Å². The van der Waals surface area contributed by atoms with Crippen LogP contribution in [-0.4, -0.2) is 25.2 Å². The molecule has 1 unspecified atom stereocenters. The van der Waals surface area contributed by atoms with E-state index in [1.165, 1.54) is 12.1 Å². The SMILES string of the molecule is CC(CN)CC(=O)NCc1ccc(OCC(F)(F)F)cc1. The monoisotopic (exact) mass is 304 g/mol. The van der Waals surface area contributed by atoms with Gasteiger partial charge in [-0.15, -0.1) is 0 Å². The maximum atomic E-state index is 12.0. The zero-order valence-electron chi connectivity index (χ0n) is 11.7. The number of hydrogen-bond acceptors (Lipinski definition) is 3. The number of ether oxygens (including phenoxy) is 1. The predicted octanol–water partition coefficient (Wildman–Crippen LogP) is 2.23. The molecule has 0 aliphatic rings. The largest absolute Gasteiger partial charge is 0.484 e.